The summed E-state index contributed by atoms with van der Waals surface area (Å²) in [5, 5.41) is 2.83. The molecule has 0 spiro atoms. The van der Waals surface area contributed by atoms with Crippen molar-refractivity contribution in [1.29, 1.82) is 0 Å². The molecule has 0 aliphatic carbocycles. The van der Waals surface area contributed by atoms with Gasteiger partial charge in [0.15, 0.2) is 5.60 Å². The molecule has 0 radical (unpaired) electrons. The maximum atomic E-state index is 13.5. The topological polar surface area (TPSA) is 55.4 Å². The minimum Gasteiger partial charge on any atom is -0.445 e. The third-order valence-electron chi connectivity index (χ3n) is 4.11. The molecule has 1 aliphatic rings. The number of nitrogens with one attached hydrogen (secondary N) is 1. The number of benzene rings is 2. The van der Waals surface area contributed by atoms with E-state index in [2.05, 4.69) is 11.9 Å². The number of hydrogen-bond donors (Lipinski definition) is 1. The lowest BCUT2D eigenvalue weighted by Crippen LogP contribution is -2.49. The number of hydrogen-bond acceptors (Lipinski definition) is 4. The van der Waals surface area contributed by atoms with E-state index in [9.17, 15) is 14.0 Å². The molecule has 26 heavy (non-hydrogen) atoms. The number of cyclic esters (lactones) is 1. The number of halogens is 1. The second-order valence-corrected chi connectivity index (χ2v) is 7.21. The van der Waals surface area contributed by atoms with E-state index in [0.29, 0.717) is 22.6 Å². The average Bonchev–Trinajstić information content (AvgIpc) is 2.60. The van der Waals surface area contributed by atoms with Crippen LogP contribution in [0.25, 0.3) is 0 Å². The molecule has 0 fully saturated rings. The van der Waals surface area contributed by atoms with Crippen LogP contribution in [0.5, 0.6) is 0 Å². The molecule has 6 heteroatoms. The first kappa shape index (κ1) is 18.2. The van der Waals surface area contributed by atoms with Crippen molar-refractivity contribution in [3.63, 3.8) is 0 Å². The summed E-state index contributed by atoms with van der Waals surface area (Å²) in [5.41, 5.74) is -0.0211. The van der Waals surface area contributed by atoms with Crippen molar-refractivity contribution < 1.29 is 18.7 Å². The number of thioether (sulfide) groups is 1. The summed E-state index contributed by atoms with van der Waals surface area (Å²) in [6.07, 6.45) is 1.89. The summed E-state index contributed by atoms with van der Waals surface area (Å²) in [7, 11) is 0. The Morgan fingerprint density at radius 1 is 1.38 bits per heavy atom. The summed E-state index contributed by atoms with van der Waals surface area (Å²) >= 11 is 1.54. The molecule has 0 bridgehead atoms. The van der Waals surface area contributed by atoms with Crippen molar-refractivity contribution in [3.8, 4) is 0 Å². The maximum Gasteiger partial charge on any atom is 0.339 e. The van der Waals surface area contributed by atoms with Crippen molar-refractivity contribution in [3.05, 3.63) is 72.1 Å². The number of rotatable bonds is 5. The van der Waals surface area contributed by atoms with Gasteiger partial charge in [-0.1, -0.05) is 18.2 Å². The Balaban J connectivity index is 1.84. The zero-order chi connectivity index (χ0) is 18.7. The van der Waals surface area contributed by atoms with Gasteiger partial charge in [0.25, 0.3) is 5.91 Å². The van der Waals surface area contributed by atoms with E-state index < -0.39 is 23.3 Å². The predicted octanol–water partition coefficient (Wildman–Crippen LogP) is 4.21. The van der Waals surface area contributed by atoms with E-state index in [-0.39, 0.29) is 6.42 Å². The Bertz CT molecular complexity index is 883. The number of fused-ring (bicyclic) bond motifs is 1. The lowest BCUT2D eigenvalue weighted by atomic mass is 9.89. The highest BCUT2D eigenvalue weighted by Gasteiger charge is 2.43. The van der Waals surface area contributed by atoms with Gasteiger partial charge in [-0.3, -0.25) is 4.79 Å². The number of ether oxygens (including phenoxy) is 1. The quantitative estimate of drug-likeness (QED) is 0.486. The van der Waals surface area contributed by atoms with Gasteiger partial charge in [0.2, 0.25) is 0 Å². The number of esters is 1. The highest BCUT2D eigenvalue weighted by atomic mass is 32.2. The maximum absolute atomic E-state index is 13.5. The van der Waals surface area contributed by atoms with Crippen LogP contribution < -0.4 is 5.32 Å². The van der Waals surface area contributed by atoms with Crippen LogP contribution in [-0.4, -0.2) is 23.2 Å². The molecule has 3 rings (SSSR count). The zero-order valence-corrected chi connectivity index (χ0v) is 15.1. The first-order valence-electron chi connectivity index (χ1n) is 8.09. The predicted molar refractivity (Wildman–Crippen MR) is 99.9 cm³/mol. The molecule has 2 aromatic rings. The van der Waals surface area contributed by atoms with Gasteiger partial charge in [0.1, 0.15) is 5.82 Å². The molecule has 0 saturated carbocycles. The number of amides is 1. The van der Waals surface area contributed by atoms with Gasteiger partial charge < -0.3 is 10.1 Å². The summed E-state index contributed by atoms with van der Waals surface area (Å²) in [5.74, 6) is -0.829. The van der Waals surface area contributed by atoms with Crippen LogP contribution in [0, 0.1) is 5.82 Å². The highest BCUT2D eigenvalue weighted by Crippen LogP contribution is 2.32. The molecule has 134 valence electrons. The van der Waals surface area contributed by atoms with Crippen molar-refractivity contribution in [1.82, 2.24) is 0 Å². The van der Waals surface area contributed by atoms with Gasteiger partial charge in [-0.25, -0.2) is 9.18 Å². The van der Waals surface area contributed by atoms with E-state index in [0.717, 1.165) is 4.90 Å². The van der Waals surface area contributed by atoms with Crippen LogP contribution in [0.1, 0.15) is 22.8 Å². The number of para-hydroxylation sites is 1. The normalized spacial score (nSPS) is 18.6. The summed E-state index contributed by atoms with van der Waals surface area (Å²) in [6.45, 7) is 5.23. The fourth-order valence-corrected chi connectivity index (χ4v) is 3.54. The largest absolute Gasteiger partial charge is 0.445 e. The smallest absolute Gasteiger partial charge is 0.339 e. The van der Waals surface area contributed by atoms with E-state index in [1.54, 1.807) is 12.1 Å². The van der Waals surface area contributed by atoms with Crippen LogP contribution in [0.3, 0.4) is 0 Å². The molecule has 1 amide bonds. The van der Waals surface area contributed by atoms with E-state index in [1.807, 2.05) is 18.2 Å². The average molecular weight is 371 g/mol. The lowest BCUT2D eigenvalue weighted by Gasteiger charge is -2.33. The molecule has 1 atom stereocenters. The van der Waals surface area contributed by atoms with Crippen molar-refractivity contribution in [2.24, 2.45) is 0 Å². The summed E-state index contributed by atoms with van der Waals surface area (Å²) < 4.78 is 18.9. The SMILES string of the molecule is C=CCSc1ccccc1NC(=O)C1(C)Cc2cc(F)ccc2C(=O)O1. The van der Waals surface area contributed by atoms with E-state index in [4.69, 9.17) is 4.74 Å². The van der Waals surface area contributed by atoms with Gasteiger partial charge in [-0.05, 0) is 42.8 Å². The fraction of sp³-hybridized carbons (Fsp3) is 0.200. The summed E-state index contributed by atoms with van der Waals surface area (Å²) in [4.78, 5) is 26.0. The van der Waals surface area contributed by atoms with Crippen LogP contribution in [-0.2, 0) is 16.0 Å². The van der Waals surface area contributed by atoms with Crippen LogP contribution in [0.15, 0.2) is 60.0 Å². The number of carbonyl (C=O) groups excluding carboxylic acids is 2. The summed E-state index contributed by atoms with van der Waals surface area (Å²) in [6, 6.07) is 11.2. The molecule has 2 aromatic carbocycles. The Labute approximate surface area is 155 Å². The van der Waals surface area contributed by atoms with Gasteiger partial charge in [-0.2, -0.15) is 0 Å². The molecular formula is C20H18FNO3S. The minimum atomic E-state index is -1.41. The van der Waals surface area contributed by atoms with E-state index >= 15 is 0 Å². The van der Waals surface area contributed by atoms with Crippen molar-refractivity contribution in [2.75, 3.05) is 11.1 Å². The highest BCUT2D eigenvalue weighted by molar-refractivity contribution is 7.99. The molecule has 1 heterocycles. The molecule has 1 N–H and O–H groups in total. The lowest BCUT2D eigenvalue weighted by molar-refractivity contribution is -0.134. The van der Waals surface area contributed by atoms with Gasteiger partial charge in [0, 0.05) is 17.1 Å². The molecule has 1 aliphatic heterocycles. The first-order chi connectivity index (χ1) is 12.4. The van der Waals surface area contributed by atoms with Gasteiger partial charge >= 0.3 is 5.97 Å². The Kier molecular flexibility index (Phi) is 5.13. The van der Waals surface area contributed by atoms with Gasteiger partial charge in [0.05, 0.1) is 11.3 Å². The van der Waals surface area contributed by atoms with E-state index in [1.165, 1.54) is 36.9 Å². The monoisotopic (exact) mass is 371 g/mol. The standard InChI is InChI=1S/C20H18FNO3S/c1-3-10-26-17-7-5-4-6-16(17)22-19(24)20(2)12-13-11-14(21)8-9-15(13)18(23)25-20/h3-9,11H,1,10,12H2,2H3,(H,22,24). The molecule has 1 unspecified atom stereocenters. The van der Waals surface area contributed by atoms with Crippen molar-refractivity contribution in [2.45, 2.75) is 23.8 Å². The zero-order valence-electron chi connectivity index (χ0n) is 14.3. The Morgan fingerprint density at radius 3 is 2.92 bits per heavy atom. The van der Waals surface area contributed by atoms with Crippen LogP contribution in [0.2, 0.25) is 0 Å². The van der Waals surface area contributed by atoms with Crippen molar-refractivity contribution >= 4 is 29.3 Å². The first-order valence-corrected chi connectivity index (χ1v) is 9.07. The Hall–Kier alpha value is -2.60. The Morgan fingerprint density at radius 2 is 2.15 bits per heavy atom. The molecule has 4 nitrogen and oxygen atoms in total. The number of carbonyl (C=O) groups is 2. The van der Waals surface area contributed by atoms with Crippen LogP contribution in [0.4, 0.5) is 10.1 Å². The molecule has 0 aromatic heterocycles. The van der Waals surface area contributed by atoms with Gasteiger partial charge in [-0.15, -0.1) is 18.3 Å². The molecular weight excluding hydrogens is 353 g/mol. The third kappa shape index (κ3) is 3.65. The molecule has 0 saturated heterocycles. The second kappa shape index (κ2) is 7.33. The second-order valence-electron chi connectivity index (χ2n) is 6.15. The van der Waals surface area contributed by atoms with Crippen LogP contribution >= 0.6 is 11.8 Å². The minimum absolute atomic E-state index is 0.111. The fourth-order valence-electron chi connectivity index (χ4n) is 2.79. The third-order valence-corrected chi connectivity index (χ3v) is 5.17. The number of anilines is 1.